The zero-order valence-corrected chi connectivity index (χ0v) is 30.1. The zero-order chi connectivity index (χ0) is 33.8. The third-order valence-electron chi connectivity index (χ3n) is 14.0. The summed E-state index contributed by atoms with van der Waals surface area (Å²) in [6.45, 7) is 9.65. The van der Waals surface area contributed by atoms with Crippen LogP contribution in [-0.2, 0) is 16.2 Å². The van der Waals surface area contributed by atoms with Crippen LogP contribution in [0.15, 0.2) is 115 Å². The highest BCUT2D eigenvalue weighted by atomic mass is 16.5. The maximum atomic E-state index is 6.77. The molecule has 5 aliphatic carbocycles. The largest absolute Gasteiger partial charge is 0.457 e. The second-order valence-electron chi connectivity index (χ2n) is 17.7. The van der Waals surface area contributed by atoms with Crippen molar-refractivity contribution in [3.05, 3.63) is 138 Å². The maximum Gasteiger partial charge on any atom is 0.131 e. The number of ether oxygens (including phenoxy) is 1. The summed E-state index contributed by atoms with van der Waals surface area (Å²) in [5.74, 6) is 5.28. The van der Waals surface area contributed by atoms with Gasteiger partial charge in [0, 0.05) is 33.6 Å². The van der Waals surface area contributed by atoms with Crippen molar-refractivity contribution in [2.24, 2.45) is 23.7 Å². The van der Waals surface area contributed by atoms with Crippen molar-refractivity contribution in [1.82, 2.24) is 0 Å². The SMILES string of the molecule is CC1(C)CCC(C)(C)c2cc(-c3ccc(N(c4ccccc4)c4ccc5c(c4)C4(c6ccccc6O5)C5CC6CC(C5)CC4C6)cc3)ccc21. The molecule has 2 nitrogen and oxygen atoms in total. The van der Waals surface area contributed by atoms with Crippen LogP contribution in [0.4, 0.5) is 17.1 Å². The van der Waals surface area contributed by atoms with Crippen molar-refractivity contribution in [3.8, 4) is 22.6 Å². The molecule has 0 unspecified atom stereocenters. The molecule has 4 fully saturated rings. The van der Waals surface area contributed by atoms with Crippen LogP contribution in [-0.4, -0.2) is 0 Å². The average molecular weight is 656 g/mol. The van der Waals surface area contributed by atoms with E-state index in [0.717, 1.165) is 23.3 Å². The predicted molar refractivity (Wildman–Crippen MR) is 206 cm³/mol. The Hall–Kier alpha value is -4.30. The Bertz CT molecular complexity index is 2080. The van der Waals surface area contributed by atoms with E-state index in [2.05, 4.69) is 148 Å². The Labute approximate surface area is 298 Å². The summed E-state index contributed by atoms with van der Waals surface area (Å²) in [5, 5.41) is 0. The molecule has 1 spiro atoms. The van der Waals surface area contributed by atoms with Gasteiger partial charge in [-0.15, -0.1) is 0 Å². The van der Waals surface area contributed by atoms with Gasteiger partial charge in [-0.1, -0.05) is 94.4 Å². The first-order valence-corrected chi connectivity index (χ1v) is 19.2. The van der Waals surface area contributed by atoms with Crippen LogP contribution in [0.2, 0.25) is 0 Å². The molecule has 0 atom stereocenters. The first kappa shape index (κ1) is 30.5. The van der Waals surface area contributed by atoms with Crippen LogP contribution in [0.25, 0.3) is 11.1 Å². The first-order chi connectivity index (χ1) is 24.2. The van der Waals surface area contributed by atoms with E-state index in [1.165, 1.54) is 95.4 Å². The highest BCUT2D eigenvalue weighted by molar-refractivity contribution is 5.80. The van der Waals surface area contributed by atoms with Crippen LogP contribution >= 0.6 is 0 Å². The van der Waals surface area contributed by atoms with E-state index >= 15 is 0 Å². The Morgan fingerprint density at radius 1 is 0.480 bits per heavy atom. The molecule has 0 saturated heterocycles. The van der Waals surface area contributed by atoms with E-state index in [0.29, 0.717) is 11.8 Å². The van der Waals surface area contributed by atoms with Crippen LogP contribution in [0, 0.1) is 23.7 Å². The molecule has 0 radical (unpaired) electrons. The number of hydrogen-bond acceptors (Lipinski definition) is 2. The molecule has 4 saturated carbocycles. The Kier molecular flexibility index (Phi) is 6.62. The zero-order valence-electron chi connectivity index (χ0n) is 30.1. The molecule has 11 rings (SSSR count). The molecule has 4 bridgehead atoms. The van der Waals surface area contributed by atoms with Crippen LogP contribution < -0.4 is 9.64 Å². The Morgan fingerprint density at radius 3 is 1.78 bits per heavy atom. The summed E-state index contributed by atoms with van der Waals surface area (Å²) in [4.78, 5) is 2.45. The van der Waals surface area contributed by atoms with E-state index in [4.69, 9.17) is 4.74 Å². The summed E-state index contributed by atoms with van der Waals surface area (Å²) in [7, 11) is 0. The van der Waals surface area contributed by atoms with Gasteiger partial charge >= 0.3 is 0 Å². The van der Waals surface area contributed by atoms with Gasteiger partial charge in [-0.25, -0.2) is 0 Å². The van der Waals surface area contributed by atoms with Crippen molar-refractivity contribution in [1.29, 1.82) is 0 Å². The van der Waals surface area contributed by atoms with Crippen molar-refractivity contribution in [2.45, 2.75) is 88.9 Å². The molecule has 5 aromatic carbocycles. The second-order valence-corrected chi connectivity index (χ2v) is 17.7. The van der Waals surface area contributed by atoms with Crippen LogP contribution in [0.3, 0.4) is 0 Å². The molecule has 1 heterocycles. The van der Waals surface area contributed by atoms with Gasteiger partial charge in [0.15, 0.2) is 0 Å². The van der Waals surface area contributed by atoms with Gasteiger partial charge in [0.25, 0.3) is 0 Å². The molecule has 0 aromatic heterocycles. The van der Waals surface area contributed by atoms with Gasteiger partial charge in [-0.3, -0.25) is 0 Å². The van der Waals surface area contributed by atoms with Crippen LogP contribution in [0.5, 0.6) is 11.5 Å². The number of nitrogens with zero attached hydrogens (tertiary/aromatic N) is 1. The lowest BCUT2D eigenvalue weighted by Crippen LogP contribution is -2.57. The van der Waals surface area contributed by atoms with Crippen molar-refractivity contribution in [2.75, 3.05) is 4.90 Å². The third-order valence-corrected chi connectivity index (χ3v) is 14.0. The molecular weight excluding hydrogens is 607 g/mol. The summed E-state index contributed by atoms with van der Waals surface area (Å²) in [6, 6.07) is 43.5. The Balaban J connectivity index is 1.08. The summed E-state index contributed by atoms with van der Waals surface area (Å²) in [6.07, 6.45) is 9.33. The summed E-state index contributed by atoms with van der Waals surface area (Å²) in [5.41, 5.74) is 12.4. The lowest BCUT2D eigenvalue weighted by molar-refractivity contribution is -0.0452. The lowest BCUT2D eigenvalue weighted by atomic mass is 9.42. The van der Waals surface area contributed by atoms with Crippen molar-refractivity contribution >= 4 is 17.1 Å². The quantitative estimate of drug-likeness (QED) is 0.191. The molecule has 6 aliphatic rings. The van der Waals surface area contributed by atoms with E-state index in [-0.39, 0.29) is 16.2 Å². The molecule has 0 amide bonds. The highest BCUT2D eigenvalue weighted by Crippen LogP contribution is 2.69. The van der Waals surface area contributed by atoms with E-state index < -0.39 is 0 Å². The molecule has 2 heteroatoms. The molecule has 5 aromatic rings. The Morgan fingerprint density at radius 2 is 1.06 bits per heavy atom. The lowest BCUT2D eigenvalue weighted by Gasteiger charge is -2.63. The molecular formula is C48H49NO. The highest BCUT2D eigenvalue weighted by Gasteiger charge is 2.61. The number of fused-ring (bicyclic) bond motifs is 3. The number of anilines is 3. The van der Waals surface area contributed by atoms with Crippen LogP contribution in [0.1, 0.15) is 94.9 Å². The van der Waals surface area contributed by atoms with Gasteiger partial charge in [-0.2, -0.15) is 0 Å². The van der Waals surface area contributed by atoms with Gasteiger partial charge in [0.2, 0.25) is 0 Å². The summed E-state index contributed by atoms with van der Waals surface area (Å²) >= 11 is 0. The fourth-order valence-electron chi connectivity index (χ4n) is 11.6. The minimum absolute atomic E-state index is 0.0224. The van der Waals surface area contributed by atoms with Gasteiger partial charge < -0.3 is 9.64 Å². The minimum atomic E-state index is 0.0224. The van der Waals surface area contributed by atoms with Crippen molar-refractivity contribution in [3.63, 3.8) is 0 Å². The number of benzene rings is 5. The minimum Gasteiger partial charge on any atom is -0.457 e. The standard InChI is InChI=1S/C48H49NO/c1-46(2)22-23-47(3,4)42-29-34(16-20-40(42)46)33-14-17-38(18-15-33)49(37-10-6-5-7-11-37)39-19-21-45-43(30-39)48(41-12-8-9-13-44(41)50-45)35-25-31-24-32(27-35)28-36(48)26-31/h5-21,29-32,35-36H,22-28H2,1-4H3. The van der Waals surface area contributed by atoms with E-state index in [1.54, 1.807) is 0 Å². The monoisotopic (exact) mass is 655 g/mol. The van der Waals surface area contributed by atoms with Crippen molar-refractivity contribution < 1.29 is 4.74 Å². The summed E-state index contributed by atoms with van der Waals surface area (Å²) < 4.78 is 6.77. The normalized spacial score (nSPS) is 27.6. The fourth-order valence-corrected chi connectivity index (χ4v) is 11.6. The topological polar surface area (TPSA) is 12.5 Å². The van der Waals surface area contributed by atoms with E-state index in [1.807, 2.05) is 0 Å². The van der Waals surface area contributed by atoms with Gasteiger partial charge in [-0.05, 0) is 150 Å². The van der Waals surface area contributed by atoms with Gasteiger partial charge in [0.1, 0.15) is 11.5 Å². The smallest absolute Gasteiger partial charge is 0.131 e. The molecule has 252 valence electrons. The fraction of sp³-hybridized carbons (Fsp3) is 0.375. The average Bonchev–Trinajstić information content (AvgIpc) is 3.12. The molecule has 1 aliphatic heterocycles. The third kappa shape index (κ3) is 4.46. The second kappa shape index (κ2) is 10.8. The number of para-hydroxylation sites is 2. The first-order valence-electron chi connectivity index (χ1n) is 19.2. The predicted octanol–water partition coefficient (Wildman–Crippen LogP) is 13.0. The molecule has 0 N–H and O–H groups in total. The molecule has 50 heavy (non-hydrogen) atoms. The van der Waals surface area contributed by atoms with E-state index in [9.17, 15) is 0 Å². The number of rotatable bonds is 4. The van der Waals surface area contributed by atoms with Gasteiger partial charge in [0.05, 0.1) is 0 Å². The maximum absolute atomic E-state index is 6.77. The number of hydrogen-bond donors (Lipinski definition) is 0.